The average molecular weight is 420 g/mol. The van der Waals surface area contributed by atoms with Crippen molar-refractivity contribution in [1.82, 2.24) is 9.88 Å². The van der Waals surface area contributed by atoms with Crippen LogP contribution in [0.5, 0.6) is 0 Å². The molecule has 0 bridgehead atoms. The Labute approximate surface area is 169 Å². The fourth-order valence-corrected chi connectivity index (χ4v) is 3.97. The number of nitrogens with one attached hydrogen (secondary N) is 1. The van der Waals surface area contributed by atoms with Gasteiger partial charge in [0, 0.05) is 18.8 Å². The van der Waals surface area contributed by atoms with Gasteiger partial charge in [-0.1, -0.05) is 59.9 Å². The monoisotopic (exact) mass is 420 g/mol. The molecule has 0 aliphatic rings. The summed E-state index contributed by atoms with van der Waals surface area (Å²) in [5.41, 5.74) is 0.768. The van der Waals surface area contributed by atoms with E-state index in [1.807, 2.05) is 30.3 Å². The molecule has 0 fully saturated rings. The molecular formula is C21H19F3N2O2S. The molecule has 2 aromatic carbocycles. The van der Waals surface area contributed by atoms with Crippen LogP contribution in [0.2, 0.25) is 0 Å². The number of alkyl halides is 3. The fraction of sp³-hybridized carbons (Fsp3) is 0.238. The quantitative estimate of drug-likeness (QED) is 0.642. The second-order valence-electron chi connectivity index (χ2n) is 6.51. The maximum atomic E-state index is 13.1. The molecule has 0 spiro atoms. The Morgan fingerprint density at radius 3 is 2.41 bits per heavy atom. The van der Waals surface area contributed by atoms with E-state index in [1.165, 1.54) is 22.8 Å². The predicted molar refractivity (Wildman–Crippen MR) is 106 cm³/mol. The average Bonchev–Trinajstić information content (AvgIpc) is 2.98. The van der Waals surface area contributed by atoms with E-state index in [-0.39, 0.29) is 21.9 Å². The zero-order valence-corrected chi connectivity index (χ0v) is 16.4. The molecule has 1 N–H and O–H groups in total. The number of amides is 1. The van der Waals surface area contributed by atoms with Crippen molar-refractivity contribution in [3.63, 3.8) is 0 Å². The molecule has 0 atom stereocenters. The van der Waals surface area contributed by atoms with E-state index < -0.39 is 17.6 Å². The van der Waals surface area contributed by atoms with Crippen LogP contribution in [-0.4, -0.2) is 10.5 Å². The van der Waals surface area contributed by atoms with E-state index in [1.54, 1.807) is 6.92 Å². The van der Waals surface area contributed by atoms with Crippen LogP contribution in [0.3, 0.4) is 0 Å². The van der Waals surface area contributed by atoms with Crippen molar-refractivity contribution in [2.45, 2.75) is 32.6 Å². The molecule has 1 amide bonds. The molecule has 0 saturated heterocycles. The summed E-state index contributed by atoms with van der Waals surface area (Å²) >= 11 is 0.802. The fourth-order valence-electron chi connectivity index (χ4n) is 3.04. The lowest BCUT2D eigenvalue weighted by molar-refractivity contribution is -0.138. The normalized spacial score (nSPS) is 11.4. The smallest absolute Gasteiger partial charge is 0.347 e. The molecule has 0 radical (unpaired) electrons. The van der Waals surface area contributed by atoms with Crippen molar-refractivity contribution < 1.29 is 18.0 Å². The highest BCUT2D eigenvalue weighted by atomic mass is 32.1. The Hall–Kier alpha value is -2.87. The first-order valence-corrected chi connectivity index (χ1v) is 9.76. The molecule has 0 aliphatic heterocycles. The number of thiazole rings is 1. The molecule has 4 nitrogen and oxygen atoms in total. The Morgan fingerprint density at radius 1 is 1.07 bits per heavy atom. The largest absolute Gasteiger partial charge is 0.416 e. The summed E-state index contributed by atoms with van der Waals surface area (Å²) in [4.78, 5) is 24.8. The summed E-state index contributed by atoms with van der Waals surface area (Å²) in [6, 6.07) is 14.7. The van der Waals surface area contributed by atoms with Gasteiger partial charge in [0.05, 0.1) is 5.56 Å². The lowest BCUT2D eigenvalue weighted by atomic mass is 10.1. The molecule has 0 unspecified atom stereocenters. The van der Waals surface area contributed by atoms with E-state index in [0.29, 0.717) is 18.7 Å². The number of hydrogen-bond acceptors (Lipinski definition) is 3. The Morgan fingerprint density at radius 2 is 1.72 bits per heavy atom. The van der Waals surface area contributed by atoms with Crippen LogP contribution in [-0.2, 0) is 25.7 Å². The zero-order valence-electron chi connectivity index (χ0n) is 15.6. The minimum absolute atomic E-state index is 0.0261. The van der Waals surface area contributed by atoms with E-state index in [9.17, 15) is 22.8 Å². The second kappa shape index (κ2) is 8.65. The minimum atomic E-state index is -4.50. The summed E-state index contributed by atoms with van der Waals surface area (Å²) in [5.74, 6) is -0.556. The van der Waals surface area contributed by atoms with Crippen LogP contribution in [0.4, 0.5) is 13.2 Å². The first-order valence-electron chi connectivity index (χ1n) is 8.95. The molecule has 3 aromatic rings. The van der Waals surface area contributed by atoms with Gasteiger partial charge in [-0.3, -0.25) is 9.59 Å². The van der Waals surface area contributed by atoms with Gasteiger partial charge in [-0.25, -0.2) is 0 Å². The number of carbonyl (C=O) groups excluding carboxylic acids is 1. The van der Waals surface area contributed by atoms with Crippen molar-refractivity contribution in [3.8, 4) is 0 Å². The van der Waals surface area contributed by atoms with Crippen molar-refractivity contribution in [2.24, 2.45) is 0 Å². The highest BCUT2D eigenvalue weighted by Gasteiger charge is 2.33. The van der Waals surface area contributed by atoms with E-state index in [2.05, 4.69) is 5.32 Å². The van der Waals surface area contributed by atoms with E-state index in [4.69, 9.17) is 0 Å². The molecule has 29 heavy (non-hydrogen) atoms. The number of rotatable bonds is 6. The highest BCUT2D eigenvalue weighted by Crippen LogP contribution is 2.31. The molecule has 1 aromatic heterocycles. The Bertz CT molecular complexity index is 1060. The van der Waals surface area contributed by atoms with Crippen LogP contribution < -0.4 is 10.2 Å². The van der Waals surface area contributed by atoms with Gasteiger partial charge in [0.15, 0.2) is 0 Å². The van der Waals surface area contributed by atoms with Gasteiger partial charge in [0.2, 0.25) is 0 Å². The minimum Gasteiger partial charge on any atom is -0.347 e. The number of hydrogen-bond donors (Lipinski definition) is 1. The number of aryl methyl sites for hydroxylation is 1. The summed E-state index contributed by atoms with van der Waals surface area (Å²) in [7, 11) is 0. The first-order chi connectivity index (χ1) is 13.8. The molecule has 0 saturated carbocycles. The molecule has 1 heterocycles. The van der Waals surface area contributed by atoms with Crippen LogP contribution in [0, 0.1) is 6.92 Å². The lowest BCUT2D eigenvalue weighted by Crippen LogP contribution is -2.24. The highest BCUT2D eigenvalue weighted by molar-refractivity contribution is 7.11. The number of benzene rings is 2. The van der Waals surface area contributed by atoms with Gasteiger partial charge in [0.25, 0.3) is 5.91 Å². The third kappa shape index (κ3) is 4.95. The standard InChI is InChI=1S/C21H19F3N2O2S/c1-14-18(29-20(28)26(14)12-11-15-7-3-2-4-8-15)19(27)25-13-16-9-5-6-10-17(16)21(22,23)24/h2-10H,11-13H2,1H3,(H,25,27). The van der Waals surface area contributed by atoms with E-state index in [0.717, 1.165) is 23.0 Å². The first kappa shape index (κ1) is 20.9. The SMILES string of the molecule is Cc1c(C(=O)NCc2ccccc2C(F)(F)F)sc(=O)n1CCc1ccccc1. The van der Waals surface area contributed by atoms with Crippen molar-refractivity contribution in [2.75, 3.05) is 0 Å². The summed E-state index contributed by atoms with van der Waals surface area (Å²) in [5, 5.41) is 2.50. The van der Waals surface area contributed by atoms with Crippen LogP contribution in [0.15, 0.2) is 59.4 Å². The third-order valence-electron chi connectivity index (χ3n) is 4.58. The van der Waals surface area contributed by atoms with Crippen molar-refractivity contribution in [1.29, 1.82) is 0 Å². The molecule has 8 heteroatoms. The third-order valence-corrected chi connectivity index (χ3v) is 5.66. The molecule has 152 valence electrons. The van der Waals surface area contributed by atoms with Crippen molar-refractivity contribution >= 4 is 17.2 Å². The summed E-state index contributed by atoms with van der Waals surface area (Å²) < 4.78 is 40.8. The number of aromatic nitrogens is 1. The molecule has 0 aliphatic carbocycles. The maximum absolute atomic E-state index is 13.1. The summed E-state index contributed by atoms with van der Waals surface area (Å²) in [6.45, 7) is 1.82. The molecular weight excluding hydrogens is 401 g/mol. The van der Waals surface area contributed by atoms with Gasteiger partial charge in [-0.05, 0) is 30.5 Å². The van der Waals surface area contributed by atoms with Gasteiger partial charge >= 0.3 is 11.0 Å². The predicted octanol–water partition coefficient (Wildman–Crippen LogP) is 4.41. The van der Waals surface area contributed by atoms with Gasteiger partial charge in [-0.2, -0.15) is 13.2 Å². The van der Waals surface area contributed by atoms with Crippen LogP contribution >= 0.6 is 11.3 Å². The topological polar surface area (TPSA) is 51.1 Å². The maximum Gasteiger partial charge on any atom is 0.416 e. The number of carbonyl (C=O) groups is 1. The van der Waals surface area contributed by atoms with Crippen LogP contribution in [0.1, 0.15) is 32.1 Å². The Kier molecular flexibility index (Phi) is 6.22. The second-order valence-corrected chi connectivity index (χ2v) is 7.47. The zero-order chi connectivity index (χ0) is 21.0. The molecule has 3 rings (SSSR count). The number of halogens is 3. The van der Waals surface area contributed by atoms with Crippen LogP contribution in [0.25, 0.3) is 0 Å². The van der Waals surface area contributed by atoms with E-state index >= 15 is 0 Å². The van der Waals surface area contributed by atoms with Gasteiger partial charge in [0.1, 0.15) is 4.88 Å². The lowest BCUT2D eigenvalue weighted by Gasteiger charge is -2.13. The summed E-state index contributed by atoms with van der Waals surface area (Å²) in [6.07, 6.45) is -3.86. The van der Waals surface area contributed by atoms with Gasteiger partial charge in [-0.15, -0.1) is 0 Å². The number of nitrogens with zero attached hydrogens (tertiary/aromatic N) is 1. The van der Waals surface area contributed by atoms with Gasteiger partial charge < -0.3 is 9.88 Å². The van der Waals surface area contributed by atoms with Crippen molar-refractivity contribution in [3.05, 3.63) is 91.5 Å². The Balaban J connectivity index is 1.72.